The third-order valence-electron chi connectivity index (χ3n) is 2.59. The van der Waals surface area contributed by atoms with Crippen LogP contribution in [0.15, 0.2) is 35.4 Å². The van der Waals surface area contributed by atoms with Crippen molar-refractivity contribution in [1.29, 1.82) is 0 Å². The van der Waals surface area contributed by atoms with Crippen molar-refractivity contribution in [1.82, 2.24) is 9.71 Å². The van der Waals surface area contributed by atoms with Crippen LogP contribution in [0.1, 0.15) is 15.4 Å². The van der Waals surface area contributed by atoms with E-state index in [4.69, 9.17) is 5.73 Å². The molecule has 0 bridgehead atoms. The van der Waals surface area contributed by atoms with E-state index in [-0.39, 0.29) is 18.0 Å². The van der Waals surface area contributed by atoms with Gasteiger partial charge in [-0.2, -0.15) is 0 Å². The molecule has 0 saturated carbocycles. The van der Waals surface area contributed by atoms with Gasteiger partial charge in [0.15, 0.2) is 0 Å². The molecule has 0 aliphatic rings. The van der Waals surface area contributed by atoms with Crippen molar-refractivity contribution in [3.8, 4) is 0 Å². The van der Waals surface area contributed by atoms with E-state index < -0.39 is 10.0 Å². The van der Waals surface area contributed by atoms with E-state index in [2.05, 4.69) is 9.71 Å². The van der Waals surface area contributed by atoms with Crippen LogP contribution in [-0.2, 0) is 23.1 Å². The van der Waals surface area contributed by atoms with Crippen LogP contribution in [0.25, 0.3) is 0 Å². The number of aromatic nitrogens is 1. The van der Waals surface area contributed by atoms with Gasteiger partial charge in [-0.1, -0.05) is 18.2 Å². The largest absolute Gasteiger partial charge is 0.326 e. The van der Waals surface area contributed by atoms with E-state index in [1.807, 2.05) is 6.92 Å². The second kappa shape index (κ2) is 5.79. The molecule has 0 atom stereocenters. The fraction of sp³-hybridized carbons (Fsp3) is 0.250. The summed E-state index contributed by atoms with van der Waals surface area (Å²) in [6, 6.07) is 6.73. The first-order valence-electron chi connectivity index (χ1n) is 5.72. The third-order valence-corrected chi connectivity index (χ3v) is 5.00. The molecule has 2 rings (SSSR count). The molecule has 0 fully saturated rings. The van der Waals surface area contributed by atoms with Crippen LogP contribution in [0.4, 0.5) is 0 Å². The van der Waals surface area contributed by atoms with Crippen LogP contribution in [0, 0.1) is 6.92 Å². The Bertz CT molecular complexity index is 665. The van der Waals surface area contributed by atoms with Gasteiger partial charge in [0.1, 0.15) is 0 Å². The molecule has 0 aliphatic heterocycles. The normalized spacial score (nSPS) is 11.7. The molecule has 19 heavy (non-hydrogen) atoms. The SMILES string of the molecule is Cc1ncc(CNS(=O)(=O)c2ccccc2CN)s1. The molecule has 0 saturated heterocycles. The Labute approximate surface area is 116 Å². The maximum absolute atomic E-state index is 12.2. The van der Waals surface area contributed by atoms with Crippen LogP contribution in [-0.4, -0.2) is 13.4 Å². The van der Waals surface area contributed by atoms with Crippen molar-refractivity contribution in [2.75, 3.05) is 0 Å². The average molecular weight is 297 g/mol. The Balaban J connectivity index is 2.18. The van der Waals surface area contributed by atoms with Gasteiger partial charge in [0.2, 0.25) is 10.0 Å². The smallest absolute Gasteiger partial charge is 0.241 e. The zero-order valence-electron chi connectivity index (χ0n) is 10.5. The fourth-order valence-electron chi connectivity index (χ4n) is 1.67. The number of benzene rings is 1. The maximum Gasteiger partial charge on any atom is 0.241 e. The first-order valence-corrected chi connectivity index (χ1v) is 8.02. The van der Waals surface area contributed by atoms with E-state index in [0.29, 0.717) is 5.56 Å². The van der Waals surface area contributed by atoms with Crippen molar-refractivity contribution in [3.63, 3.8) is 0 Å². The molecule has 0 spiro atoms. The zero-order valence-corrected chi connectivity index (χ0v) is 12.1. The highest BCUT2D eigenvalue weighted by Gasteiger charge is 2.17. The van der Waals surface area contributed by atoms with Gasteiger partial charge < -0.3 is 5.73 Å². The second-order valence-electron chi connectivity index (χ2n) is 3.98. The summed E-state index contributed by atoms with van der Waals surface area (Å²) < 4.78 is 27.0. The van der Waals surface area contributed by atoms with Crippen molar-refractivity contribution >= 4 is 21.4 Å². The van der Waals surface area contributed by atoms with Crippen LogP contribution in [0.5, 0.6) is 0 Å². The quantitative estimate of drug-likeness (QED) is 0.873. The predicted octanol–water partition coefficient (Wildman–Crippen LogP) is 1.39. The lowest BCUT2D eigenvalue weighted by atomic mass is 10.2. The molecule has 0 radical (unpaired) electrons. The van der Waals surface area contributed by atoms with Crippen molar-refractivity contribution < 1.29 is 8.42 Å². The minimum atomic E-state index is -3.54. The molecule has 1 aromatic heterocycles. The fourth-order valence-corrected chi connectivity index (χ4v) is 3.75. The van der Waals surface area contributed by atoms with E-state index in [1.54, 1.807) is 30.5 Å². The Hall–Kier alpha value is -1.28. The molecule has 102 valence electrons. The minimum absolute atomic E-state index is 0.191. The van der Waals surface area contributed by atoms with Gasteiger partial charge in [0, 0.05) is 24.2 Å². The van der Waals surface area contributed by atoms with Gasteiger partial charge in [-0.05, 0) is 18.6 Å². The maximum atomic E-state index is 12.2. The number of hydrogen-bond donors (Lipinski definition) is 2. The number of nitrogens with zero attached hydrogens (tertiary/aromatic N) is 1. The summed E-state index contributed by atoms with van der Waals surface area (Å²) in [6.45, 7) is 2.32. The summed E-state index contributed by atoms with van der Waals surface area (Å²) >= 11 is 1.47. The molecule has 1 aromatic carbocycles. The zero-order chi connectivity index (χ0) is 13.9. The first kappa shape index (κ1) is 14.1. The second-order valence-corrected chi connectivity index (χ2v) is 7.04. The number of thiazole rings is 1. The number of aryl methyl sites for hydroxylation is 1. The predicted molar refractivity (Wildman–Crippen MR) is 75.2 cm³/mol. The van der Waals surface area contributed by atoms with Gasteiger partial charge in [0.25, 0.3) is 0 Å². The van der Waals surface area contributed by atoms with E-state index in [9.17, 15) is 8.42 Å². The summed E-state index contributed by atoms with van der Waals surface area (Å²) in [5.74, 6) is 0. The number of nitrogens with two attached hydrogens (primary N) is 1. The van der Waals surface area contributed by atoms with E-state index in [1.165, 1.54) is 11.3 Å². The number of nitrogens with one attached hydrogen (secondary N) is 1. The topological polar surface area (TPSA) is 85.1 Å². The Morgan fingerprint density at radius 1 is 1.37 bits per heavy atom. The molecule has 2 aromatic rings. The number of rotatable bonds is 5. The highest BCUT2D eigenvalue weighted by molar-refractivity contribution is 7.89. The summed E-state index contributed by atoms with van der Waals surface area (Å²) in [4.78, 5) is 5.20. The Morgan fingerprint density at radius 3 is 2.74 bits per heavy atom. The minimum Gasteiger partial charge on any atom is -0.326 e. The lowest BCUT2D eigenvalue weighted by molar-refractivity contribution is 0.580. The standard InChI is InChI=1S/C12H15N3O2S2/c1-9-14-7-11(18-9)8-15-19(16,17)12-5-3-2-4-10(12)6-13/h2-5,7,15H,6,8,13H2,1H3. The summed E-state index contributed by atoms with van der Waals surface area (Å²) in [5, 5.41) is 0.913. The number of sulfonamides is 1. The highest BCUT2D eigenvalue weighted by atomic mass is 32.2. The van der Waals surface area contributed by atoms with Crippen LogP contribution in [0.3, 0.4) is 0 Å². The van der Waals surface area contributed by atoms with E-state index >= 15 is 0 Å². The molecule has 0 aliphatic carbocycles. The average Bonchev–Trinajstić information content (AvgIpc) is 2.82. The molecule has 7 heteroatoms. The Kier molecular flexibility index (Phi) is 4.31. The molecular formula is C12H15N3O2S2. The van der Waals surface area contributed by atoms with Crippen LogP contribution >= 0.6 is 11.3 Å². The molecule has 3 N–H and O–H groups in total. The van der Waals surface area contributed by atoms with Gasteiger partial charge in [0.05, 0.1) is 9.90 Å². The summed E-state index contributed by atoms with van der Waals surface area (Å²) in [7, 11) is -3.54. The summed E-state index contributed by atoms with van der Waals surface area (Å²) in [6.07, 6.45) is 1.68. The van der Waals surface area contributed by atoms with Gasteiger partial charge in [-0.25, -0.2) is 18.1 Å². The number of hydrogen-bond acceptors (Lipinski definition) is 5. The van der Waals surface area contributed by atoms with Crippen molar-refractivity contribution in [2.24, 2.45) is 5.73 Å². The third kappa shape index (κ3) is 3.38. The highest BCUT2D eigenvalue weighted by Crippen LogP contribution is 2.16. The van der Waals surface area contributed by atoms with Gasteiger partial charge in [-0.15, -0.1) is 11.3 Å². The monoisotopic (exact) mass is 297 g/mol. The van der Waals surface area contributed by atoms with Crippen LogP contribution < -0.4 is 10.5 Å². The van der Waals surface area contributed by atoms with Crippen molar-refractivity contribution in [2.45, 2.75) is 24.9 Å². The van der Waals surface area contributed by atoms with Crippen molar-refractivity contribution in [3.05, 3.63) is 45.9 Å². The summed E-state index contributed by atoms with van der Waals surface area (Å²) in [5.41, 5.74) is 6.16. The molecule has 5 nitrogen and oxygen atoms in total. The molecule has 1 heterocycles. The molecule has 0 unspecified atom stereocenters. The van der Waals surface area contributed by atoms with Gasteiger partial charge in [-0.3, -0.25) is 0 Å². The first-order chi connectivity index (χ1) is 9.03. The molecule has 0 amide bonds. The lowest BCUT2D eigenvalue weighted by Crippen LogP contribution is -2.24. The van der Waals surface area contributed by atoms with Gasteiger partial charge >= 0.3 is 0 Å². The van der Waals surface area contributed by atoms with Crippen LogP contribution in [0.2, 0.25) is 0 Å². The molecular weight excluding hydrogens is 282 g/mol. The Morgan fingerprint density at radius 2 is 2.11 bits per heavy atom. The lowest BCUT2D eigenvalue weighted by Gasteiger charge is -2.09. The van der Waals surface area contributed by atoms with E-state index in [0.717, 1.165) is 9.88 Å².